The highest BCUT2D eigenvalue weighted by Crippen LogP contribution is 2.07. The van der Waals surface area contributed by atoms with Gasteiger partial charge in [0.1, 0.15) is 0 Å². The van der Waals surface area contributed by atoms with Crippen LogP contribution in [0.1, 0.15) is 90.9 Å². The van der Waals surface area contributed by atoms with Gasteiger partial charge in [0.2, 0.25) is 0 Å². The normalized spacial score (nSPS) is 13.2. The molecule has 0 saturated heterocycles. The molecule has 0 fully saturated rings. The summed E-state index contributed by atoms with van der Waals surface area (Å²) in [6, 6.07) is 0. The van der Waals surface area contributed by atoms with Gasteiger partial charge in [0.05, 0.1) is 13.2 Å². The molecule has 6 nitrogen and oxygen atoms in total. The van der Waals surface area contributed by atoms with Crippen LogP contribution in [0.25, 0.3) is 0 Å². The maximum absolute atomic E-state index is 11.7. The number of rotatable bonds is 17. The molecule has 0 aromatic heterocycles. The molecule has 0 aliphatic rings. The minimum atomic E-state index is -1.90. The van der Waals surface area contributed by atoms with E-state index in [0.29, 0.717) is 12.8 Å². The number of aliphatic hydroxyl groups excluding tert-OH is 2. The Balaban J connectivity index is 3.78. The molecule has 2 unspecified atom stereocenters. The summed E-state index contributed by atoms with van der Waals surface area (Å²) in [5, 5.41) is 19.4. The minimum Gasteiger partial charge on any atom is -0.464 e. The highest BCUT2D eigenvalue weighted by Gasteiger charge is 2.32. The molecule has 0 aromatic carbocycles. The lowest BCUT2D eigenvalue weighted by atomic mass is 10.1. The van der Waals surface area contributed by atoms with E-state index < -0.39 is 24.1 Å². The second-order valence-corrected chi connectivity index (χ2v) is 6.76. The molecule has 0 amide bonds. The van der Waals surface area contributed by atoms with Crippen LogP contribution in [-0.4, -0.2) is 47.6 Å². The molecule has 26 heavy (non-hydrogen) atoms. The van der Waals surface area contributed by atoms with E-state index in [-0.39, 0.29) is 13.2 Å². The molecule has 0 rings (SSSR count). The molecular formula is C20H38O6. The fraction of sp³-hybridized carbons (Fsp3) is 0.900. The van der Waals surface area contributed by atoms with Gasteiger partial charge in [-0.05, 0) is 12.8 Å². The van der Waals surface area contributed by atoms with E-state index in [9.17, 15) is 19.8 Å². The standard InChI is InChI=1S/C20H38O6/c1-3-5-7-9-11-13-15-25-19(23)17(21)18(22)20(24)26-16-14-12-10-8-6-4-2/h17-18,21-22H,3-16H2,1-2H3. The molecule has 2 N–H and O–H groups in total. The Morgan fingerprint density at radius 1 is 0.615 bits per heavy atom. The van der Waals surface area contributed by atoms with Crippen LogP contribution in [0, 0.1) is 0 Å². The molecule has 2 atom stereocenters. The van der Waals surface area contributed by atoms with Crippen molar-refractivity contribution in [2.45, 2.75) is 103 Å². The first-order valence-electron chi connectivity index (χ1n) is 10.2. The van der Waals surface area contributed by atoms with Crippen molar-refractivity contribution in [3.8, 4) is 0 Å². The van der Waals surface area contributed by atoms with Crippen molar-refractivity contribution in [3.63, 3.8) is 0 Å². The summed E-state index contributed by atoms with van der Waals surface area (Å²) < 4.78 is 9.81. The van der Waals surface area contributed by atoms with E-state index in [1.54, 1.807) is 0 Å². The van der Waals surface area contributed by atoms with Gasteiger partial charge in [0.25, 0.3) is 0 Å². The Morgan fingerprint density at radius 3 is 1.27 bits per heavy atom. The van der Waals surface area contributed by atoms with Crippen molar-refractivity contribution in [3.05, 3.63) is 0 Å². The van der Waals surface area contributed by atoms with Crippen LogP contribution < -0.4 is 0 Å². The van der Waals surface area contributed by atoms with Gasteiger partial charge < -0.3 is 19.7 Å². The van der Waals surface area contributed by atoms with Gasteiger partial charge in [-0.15, -0.1) is 0 Å². The molecule has 0 heterocycles. The summed E-state index contributed by atoms with van der Waals surface area (Å²) in [5.41, 5.74) is 0. The summed E-state index contributed by atoms with van der Waals surface area (Å²) in [6.45, 7) is 4.66. The van der Waals surface area contributed by atoms with Gasteiger partial charge in [-0.2, -0.15) is 0 Å². The van der Waals surface area contributed by atoms with Crippen LogP contribution in [-0.2, 0) is 19.1 Å². The molecule has 0 saturated carbocycles. The van der Waals surface area contributed by atoms with Crippen molar-refractivity contribution in [2.75, 3.05) is 13.2 Å². The summed E-state index contributed by atoms with van der Waals surface area (Å²) >= 11 is 0. The molecule has 0 radical (unpaired) electrons. The molecule has 6 heteroatoms. The topological polar surface area (TPSA) is 93.1 Å². The van der Waals surface area contributed by atoms with Gasteiger partial charge in [0, 0.05) is 0 Å². The fourth-order valence-corrected chi connectivity index (χ4v) is 2.54. The number of unbranched alkanes of at least 4 members (excludes halogenated alkanes) is 10. The number of carbonyl (C=O) groups is 2. The zero-order valence-corrected chi connectivity index (χ0v) is 16.6. The Labute approximate surface area is 158 Å². The first-order chi connectivity index (χ1) is 12.5. The lowest BCUT2D eigenvalue weighted by Gasteiger charge is -2.16. The molecule has 0 bridgehead atoms. The van der Waals surface area contributed by atoms with E-state index in [2.05, 4.69) is 13.8 Å². The molecular weight excluding hydrogens is 336 g/mol. The van der Waals surface area contributed by atoms with Gasteiger partial charge in [-0.25, -0.2) is 9.59 Å². The highest BCUT2D eigenvalue weighted by molar-refractivity contribution is 5.85. The second kappa shape index (κ2) is 17.3. The Kier molecular flexibility index (Phi) is 16.5. The molecule has 0 aliphatic carbocycles. The number of hydrogen-bond donors (Lipinski definition) is 2. The first kappa shape index (κ1) is 24.9. The summed E-state index contributed by atoms with van der Waals surface area (Å²) in [4.78, 5) is 23.3. The quantitative estimate of drug-likeness (QED) is 0.299. The van der Waals surface area contributed by atoms with Crippen molar-refractivity contribution in [1.29, 1.82) is 0 Å². The van der Waals surface area contributed by atoms with Crippen LogP contribution in [0.5, 0.6) is 0 Å². The molecule has 154 valence electrons. The van der Waals surface area contributed by atoms with Gasteiger partial charge in [-0.1, -0.05) is 78.1 Å². The zero-order chi connectivity index (χ0) is 19.6. The van der Waals surface area contributed by atoms with Gasteiger partial charge >= 0.3 is 11.9 Å². The average Bonchev–Trinajstić information content (AvgIpc) is 2.64. The van der Waals surface area contributed by atoms with Gasteiger partial charge in [-0.3, -0.25) is 0 Å². The smallest absolute Gasteiger partial charge is 0.338 e. The van der Waals surface area contributed by atoms with Crippen LogP contribution in [0.3, 0.4) is 0 Å². The third-order valence-electron chi connectivity index (χ3n) is 4.27. The van der Waals surface area contributed by atoms with Crippen molar-refractivity contribution < 1.29 is 29.3 Å². The summed E-state index contributed by atoms with van der Waals surface area (Å²) in [7, 11) is 0. The van der Waals surface area contributed by atoms with Crippen molar-refractivity contribution >= 4 is 11.9 Å². The van der Waals surface area contributed by atoms with E-state index in [0.717, 1.165) is 38.5 Å². The monoisotopic (exact) mass is 374 g/mol. The highest BCUT2D eigenvalue weighted by atomic mass is 16.6. The SMILES string of the molecule is CCCCCCCCOC(=O)C(O)C(O)C(=O)OCCCCCCCC. The number of hydrogen-bond acceptors (Lipinski definition) is 6. The number of ether oxygens (including phenoxy) is 2. The third-order valence-corrected chi connectivity index (χ3v) is 4.27. The number of esters is 2. The summed E-state index contributed by atoms with van der Waals surface area (Å²) in [5.74, 6) is -1.97. The van der Waals surface area contributed by atoms with E-state index in [4.69, 9.17) is 9.47 Å². The number of aliphatic hydroxyl groups is 2. The Morgan fingerprint density at radius 2 is 0.923 bits per heavy atom. The lowest BCUT2D eigenvalue weighted by Crippen LogP contribution is -2.41. The van der Waals surface area contributed by atoms with Crippen LogP contribution in [0.15, 0.2) is 0 Å². The molecule has 0 aliphatic heterocycles. The van der Waals surface area contributed by atoms with Crippen LogP contribution in [0.4, 0.5) is 0 Å². The molecule has 0 aromatic rings. The lowest BCUT2D eigenvalue weighted by molar-refractivity contribution is -0.173. The maximum atomic E-state index is 11.7. The Hall–Kier alpha value is -1.14. The maximum Gasteiger partial charge on any atom is 0.338 e. The number of carbonyl (C=O) groups excluding carboxylic acids is 2. The molecule has 0 spiro atoms. The second-order valence-electron chi connectivity index (χ2n) is 6.76. The minimum absolute atomic E-state index is 0.182. The fourth-order valence-electron chi connectivity index (χ4n) is 2.54. The third kappa shape index (κ3) is 13.1. The van der Waals surface area contributed by atoms with E-state index >= 15 is 0 Å². The predicted molar refractivity (Wildman–Crippen MR) is 101 cm³/mol. The Bertz CT molecular complexity index is 324. The summed E-state index contributed by atoms with van der Waals surface area (Å²) in [6.07, 6.45) is 8.77. The first-order valence-corrected chi connectivity index (χ1v) is 10.2. The average molecular weight is 375 g/mol. The van der Waals surface area contributed by atoms with Gasteiger partial charge in [0.15, 0.2) is 12.2 Å². The van der Waals surface area contributed by atoms with E-state index in [1.165, 1.54) is 25.7 Å². The van der Waals surface area contributed by atoms with Crippen molar-refractivity contribution in [1.82, 2.24) is 0 Å². The predicted octanol–water partition coefficient (Wildman–Crippen LogP) is 3.52. The van der Waals surface area contributed by atoms with E-state index in [1.807, 2.05) is 0 Å². The zero-order valence-electron chi connectivity index (χ0n) is 16.6. The largest absolute Gasteiger partial charge is 0.464 e. The van der Waals surface area contributed by atoms with Crippen LogP contribution >= 0.6 is 0 Å². The van der Waals surface area contributed by atoms with Crippen LogP contribution in [0.2, 0.25) is 0 Å². The van der Waals surface area contributed by atoms with Crippen molar-refractivity contribution in [2.24, 2.45) is 0 Å².